The number of nitrogens with two attached hydrogens (primary N) is 1. The molecule has 2 aromatic carbocycles. The van der Waals surface area contributed by atoms with E-state index in [0.717, 1.165) is 35.4 Å². The van der Waals surface area contributed by atoms with Crippen LogP contribution in [0.1, 0.15) is 29.8 Å². The summed E-state index contributed by atoms with van der Waals surface area (Å²) in [5, 5.41) is 9.62. The third-order valence-corrected chi connectivity index (χ3v) is 7.28. The van der Waals surface area contributed by atoms with E-state index in [2.05, 4.69) is 4.98 Å². The summed E-state index contributed by atoms with van der Waals surface area (Å²) in [6.45, 7) is 0.209. The summed E-state index contributed by atoms with van der Waals surface area (Å²) < 4.78 is 65.5. The summed E-state index contributed by atoms with van der Waals surface area (Å²) in [6.07, 6.45) is -0.714. The molecule has 3 N–H and O–H groups in total. The van der Waals surface area contributed by atoms with E-state index in [1.165, 1.54) is 36.5 Å². The maximum Gasteiger partial charge on any atom is 0.431 e. The van der Waals surface area contributed by atoms with Gasteiger partial charge in [-0.1, -0.05) is 60.2 Å². The Morgan fingerprint density at radius 1 is 1.00 bits per heavy atom. The molecule has 7 rings (SSSR count). The molecule has 1 unspecified atom stereocenters. The maximum absolute atomic E-state index is 15.8. The molecule has 10 heteroatoms. The second-order valence-electron chi connectivity index (χ2n) is 9.48. The molecule has 37 heavy (non-hydrogen) atoms. The van der Waals surface area contributed by atoms with Crippen LogP contribution >= 0.6 is 0 Å². The maximum atomic E-state index is 15.8. The molecule has 1 atom stereocenters. The molecule has 2 bridgehead atoms. The summed E-state index contributed by atoms with van der Waals surface area (Å²) in [7, 11) is 0. The van der Waals surface area contributed by atoms with Crippen LogP contribution in [0.15, 0.2) is 72.6 Å². The number of fused-ring (bicyclic) bond motifs is 3. The Bertz CT molecular complexity index is 1520. The minimum Gasteiger partial charge on any atom is -0.393 e. The summed E-state index contributed by atoms with van der Waals surface area (Å²) in [5.41, 5.74) is 4.32. The second-order valence-corrected chi connectivity index (χ2v) is 9.48. The van der Waals surface area contributed by atoms with Crippen molar-refractivity contribution in [3.63, 3.8) is 0 Å². The van der Waals surface area contributed by atoms with Crippen LogP contribution in [0.5, 0.6) is 0 Å². The highest BCUT2D eigenvalue weighted by molar-refractivity contribution is 5.88. The van der Waals surface area contributed by atoms with E-state index in [0.29, 0.717) is 35.4 Å². The van der Waals surface area contributed by atoms with E-state index in [4.69, 9.17) is 15.5 Å². The third-order valence-electron chi connectivity index (χ3n) is 7.28. The van der Waals surface area contributed by atoms with Crippen molar-refractivity contribution < 1.29 is 27.4 Å². The van der Waals surface area contributed by atoms with E-state index in [-0.39, 0.29) is 19.0 Å². The molecule has 0 spiro atoms. The smallest absolute Gasteiger partial charge is 0.393 e. The number of aliphatic hydroxyl groups excluding tert-OH is 1. The molecule has 1 fully saturated rings. The van der Waals surface area contributed by atoms with Crippen molar-refractivity contribution in [2.75, 3.05) is 18.9 Å². The Kier molecular flexibility index (Phi) is 5.19. The minimum atomic E-state index is -5.17. The lowest BCUT2D eigenvalue weighted by atomic mass is 9.71. The van der Waals surface area contributed by atoms with Crippen LogP contribution in [0.4, 0.5) is 23.4 Å². The monoisotopic (exact) mass is 510 g/mol. The first-order valence-corrected chi connectivity index (χ1v) is 11.7. The Labute approximate surface area is 209 Å². The number of ether oxygens (including phenoxy) is 1. The van der Waals surface area contributed by atoms with Gasteiger partial charge in [0.25, 0.3) is 5.67 Å². The summed E-state index contributed by atoms with van der Waals surface area (Å²) in [4.78, 5) is 8.95. The van der Waals surface area contributed by atoms with Crippen LogP contribution in [0.2, 0.25) is 0 Å². The largest absolute Gasteiger partial charge is 0.431 e. The molecular formula is C27H22F4N4O2. The Morgan fingerprint density at radius 3 is 2.27 bits per heavy atom. The molecule has 1 aliphatic carbocycles. The van der Waals surface area contributed by atoms with Crippen LogP contribution in [-0.2, 0) is 10.4 Å². The Hall–Kier alpha value is -3.76. The number of aliphatic hydroxyl groups is 1. The molecule has 2 aliphatic heterocycles. The molecule has 2 aromatic heterocycles. The Morgan fingerprint density at radius 2 is 1.68 bits per heavy atom. The topological polar surface area (TPSA) is 85.7 Å². The van der Waals surface area contributed by atoms with Crippen LogP contribution < -0.4 is 5.73 Å². The van der Waals surface area contributed by atoms with Gasteiger partial charge in [-0.3, -0.25) is 4.40 Å². The first-order chi connectivity index (χ1) is 17.7. The van der Waals surface area contributed by atoms with Crippen molar-refractivity contribution in [3.05, 3.63) is 89.5 Å². The standard InChI is InChI=1S/C27H22F4N4O2/c28-26(27(29,30)31,18-4-2-1-3-5-18)19-8-6-16(7-9-19)21-22-23(32)33-10-11-35(22)24(34-21)20-14-37-25(15-36)12-17(20)13-25/h1-11,36H,12-15H2,(H2,32,33). The number of halogens is 4. The van der Waals surface area contributed by atoms with E-state index in [9.17, 15) is 18.3 Å². The van der Waals surface area contributed by atoms with Gasteiger partial charge >= 0.3 is 6.18 Å². The number of alkyl halides is 4. The third kappa shape index (κ3) is 3.47. The predicted octanol–water partition coefficient (Wildman–Crippen LogP) is 5.06. The predicted molar refractivity (Wildman–Crippen MR) is 129 cm³/mol. The van der Waals surface area contributed by atoms with Gasteiger partial charge in [0, 0.05) is 47.5 Å². The molecular weight excluding hydrogens is 488 g/mol. The number of rotatable bonds is 5. The zero-order chi connectivity index (χ0) is 26.0. The van der Waals surface area contributed by atoms with Crippen molar-refractivity contribution in [2.24, 2.45) is 0 Å². The fourth-order valence-electron chi connectivity index (χ4n) is 5.25. The lowest BCUT2D eigenvalue weighted by molar-refractivity contribution is -0.219. The number of hydrogen-bond acceptors (Lipinski definition) is 5. The lowest BCUT2D eigenvalue weighted by Crippen LogP contribution is -2.49. The fourth-order valence-corrected chi connectivity index (χ4v) is 5.25. The van der Waals surface area contributed by atoms with E-state index >= 15 is 4.39 Å². The first kappa shape index (κ1) is 23.6. The van der Waals surface area contributed by atoms with Gasteiger partial charge in [0.2, 0.25) is 0 Å². The minimum absolute atomic E-state index is 0.0580. The van der Waals surface area contributed by atoms with E-state index < -0.39 is 28.6 Å². The van der Waals surface area contributed by atoms with Crippen molar-refractivity contribution in [2.45, 2.75) is 30.3 Å². The number of nitrogens with zero attached hydrogens (tertiary/aromatic N) is 3. The van der Waals surface area contributed by atoms with Gasteiger partial charge in [0.1, 0.15) is 22.9 Å². The highest BCUT2D eigenvalue weighted by Gasteiger charge is 2.58. The van der Waals surface area contributed by atoms with Crippen LogP contribution in [0.3, 0.4) is 0 Å². The zero-order valence-corrected chi connectivity index (χ0v) is 19.5. The van der Waals surface area contributed by atoms with Gasteiger partial charge in [-0.15, -0.1) is 0 Å². The molecule has 190 valence electrons. The fraction of sp³-hybridized carbons (Fsp3) is 0.259. The van der Waals surface area contributed by atoms with Gasteiger partial charge in [0.15, 0.2) is 0 Å². The van der Waals surface area contributed by atoms with Gasteiger partial charge in [-0.2, -0.15) is 13.2 Å². The van der Waals surface area contributed by atoms with Crippen molar-refractivity contribution in [3.8, 4) is 11.3 Å². The SMILES string of the molecule is Nc1nccn2c(C3=C4CC(CO)(C4)OC3)nc(-c3ccc(C(F)(c4ccccc4)C(F)(F)F)cc3)c12. The van der Waals surface area contributed by atoms with E-state index in [1.54, 1.807) is 10.6 Å². The van der Waals surface area contributed by atoms with Gasteiger partial charge in [-0.25, -0.2) is 14.4 Å². The molecule has 0 amide bonds. The van der Waals surface area contributed by atoms with Crippen molar-refractivity contribution in [1.82, 2.24) is 14.4 Å². The lowest BCUT2D eigenvalue weighted by Gasteiger charge is -2.47. The molecule has 0 radical (unpaired) electrons. The molecule has 4 aromatic rings. The highest BCUT2D eigenvalue weighted by Crippen LogP contribution is 2.50. The van der Waals surface area contributed by atoms with Crippen LogP contribution in [-0.4, -0.2) is 44.5 Å². The second kappa shape index (κ2) is 8.12. The molecule has 0 saturated heterocycles. The van der Waals surface area contributed by atoms with Crippen LogP contribution in [0.25, 0.3) is 22.3 Å². The summed E-state index contributed by atoms with van der Waals surface area (Å²) in [6, 6.07) is 11.6. The van der Waals surface area contributed by atoms with Gasteiger partial charge in [-0.05, 0) is 0 Å². The number of nitrogen functional groups attached to an aromatic ring is 1. The molecule has 3 aliphatic rings. The first-order valence-electron chi connectivity index (χ1n) is 11.7. The van der Waals surface area contributed by atoms with Crippen molar-refractivity contribution in [1.29, 1.82) is 0 Å². The molecule has 1 saturated carbocycles. The zero-order valence-electron chi connectivity index (χ0n) is 19.5. The molecule has 4 heterocycles. The van der Waals surface area contributed by atoms with Crippen molar-refractivity contribution >= 4 is 16.9 Å². The number of benzene rings is 2. The number of imidazole rings is 1. The summed E-state index contributed by atoms with van der Waals surface area (Å²) in [5.74, 6) is 0.782. The number of anilines is 1. The highest BCUT2D eigenvalue weighted by atomic mass is 19.4. The van der Waals surface area contributed by atoms with Gasteiger partial charge < -0.3 is 15.6 Å². The summed E-state index contributed by atoms with van der Waals surface area (Å²) >= 11 is 0. The Balaban J connectivity index is 1.45. The number of hydrogen-bond donors (Lipinski definition) is 2. The van der Waals surface area contributed by atoms with Crippen LogP contribution in [0, 0.1) is 0 Å². The number of aromatic nitrogens is 3. The van der Waals surface area contributed by atoms with E-state index in [1.807, 2.05) is 0 Å². The normalized spacial score (nSPS) is 18.5. The average Bonchev–Trinajstić information content (AvgIpc) is 3.28. The average molecular weight is 510 g/mol. The quantitative estimate of drug-likeness (QED) is 0.367. The van der Waals surface area contributed by atoms with Gasteiger partial charge in [0.05, 0.1) is 18.8 Å². The molecule has 6 nitrogen and oxygen atoms in total.